The fourth-order valence-electron chi connectivity index (χ4n) is 2.88. The van der Waals surface area contributed by atoms with Crippen LogP contribution in [0.25, 0.3) is 0 Å². The third kappa shape index (κ3) is 5.50. The van der Waals surface area contributed by atoms with E-state index in [4.69, 9.17) is 0 Å². The molecule has 0 spiro atoms. The summed E-state index contributed by atoms with van der Waals surface area (Å²) in [6, 6.07) is 10.3. The molecule has 3 heteroatoms. The van der Waals surface area contributed by atoms with Crippen LogP contribution < -0.4 is 0 Å². The fourth-order valence-corrected chi connectivity index (χ4v) is 2.88. The lowest BCUT2D eigenvalue weighted by molar-refractivity contribution is -0.133. The van der Waals surface area contributed by atoms with Crippen LogP contribution in [0.1, 0.15) is 32.8 Å². The van der Waals surface area contributed by atoms with Gasteiger partial charge in [0.2, 0.25) is 5.91 Å². The Bertz CT molecular complexity index is 442. The first-order valence-electron chi connectivity index (χ1n) is 7.98. The normalized spacial score (nSPS) is 17.0. The van der Waals surface area contributed by atoms with E-state index in [-0.39, 0.29) is 0 Å². The molecule has 1 aliphatic heterocycles. The molecular formula is C18H28N2O. The van der Waals surface area contributed by atoms with Crippen LogP contribution >= 0.6 is 0 Å². The van der Waals surface area contributed by atoms with Gasteiger partial charge in [-0.2, -0.15) is 0 Å². The van der Waals surface area contributed by atoms with Crippen molar-refractivity contribution in [1.82, 2.24) is 9.80 Å². The van der Waals surface area contributed by atoms with Gasteiger partial charge in [0.05, 0.1) is 0 Å². The van der Waals surface area contributed by atoms with Crippen LogP contribution in [0, 0.1) is 5.41 Å². The first kappa shape index (κ1) is 16.0. The average Bonchev–Trinajstić information content (AvgIpc) is 2.45. The minimum atomic E-state index is 0.300. The van der Waals surface area contributed by atoms with Crippen LogP contribution in [-0.4, -0.2) is 48.4 Å². The van der Waals surface area contributed by atoms with Crippen molar-refractivity contribution in [2.75, 3.05) is 32.7 Å². The monoisotopic (exact) mass is 288 g/mol. The quantitative estimate of drug-likeness (QED) is 0.850. The third-order valence-electron chi connectivity index (χ3n) is 3.89. The molecule has 0 aliphatic carbocycles. The Hall–Kier alpha value is -1.35. The van der Waals surface area contributed by atoms with E-state index in [0.717, 1.165) is 39.1 Å². The van der Waals surface area contributed by atoms with Crippen molar-refractivity contribution in [3.63, 3.8) is 0 Å². The molecule has 2 rings (SSSR count). The molecule has 0 radical (unpaired) electrons. The van der Waals surface area contributed by atoms with Gasteiger partial charge < -0.3 is 4.90 Å². The highest BCUT2D eigenvalue weighted by Gasteiger charge is 2.23. The largest absolute Gasteiger partial charge is 0.340 e. The van der Waals surface area contributed by atoms with E-state index in [0.29, 0.717) is 17.7 Å². The van der Waals surface area contributed by atoms with E-state index in [1.807, 2.05) is 23.1 Å². The second-order valence-electron chi connectivity index (χ2n) is 7.20. The Labute approximate surface area is 128 Å². The third-order valence-corrected chi connectivity index (χ3v) is 3.89. The molecule has 3 nitrogen and oxygen atoms in total. The summed E-state index contributed by atoms with van der Waals surface area (Å²) in [5.74, 6) is 0.300. The lowest BCUT2D eigenvalue weighted by Gasteiger charge is -2.37. The maximum absolute atomic E-state index is 12.3. The van der Waals surface area contributed by atoms with Crippen LogP contribution in [-0.2, 0) is 11.2 Å². The predicted octanol–water partition coefficient (Wildman–Crippen LogP) is 2.81. The maximum Gasteiger partial charge on any atom is 0.222 e. The fraction of sp³-hybridized carbons (Fsp3) is 0.611. The molecule has 0 atom stereocenters. The molecule has 1 heterocycles. The number of hydrogen-bond acceptors (Lipinski definition) is 2. The van der Waals surface area contributed by atoms with E-state index in [1.54, 1.807) is 0 Å². The van der Waals surface area contributed by atoms with Crippen molar-refractivity contribution in [2.45, 2.75) is 33.6 Å². The van der Waals surface area contributed by atoms with Crippen LogP contribution in [0.3, 0.4) is 0 Å². The van der Waals surface area contributed by atoms with Gasteiger partial charge in [0.1, 0.15) is 0 Å². The van der Waals surface area contributed by atoms with E-state index in [9.17, 15) is 4.79 Å². The van der Waals surface area contributed by atoms with Crippen LogP contribution in [0.5, 0.6) is 0 Å². The summed E-state index contributed by atoms with van der Waals surface area (Å²) in [7, 11) is 0. The van der Waals surface area contributed by atoms with Gasteiger partial charge in [0, 0.05) is 39.1 Å². The highest BCUT2D eigenvalue weighted by molar-refractivity contribution is 5.76. The lowest BCUT2D eigenvalue weighted by atomic mass is 9.96. The van der Waals surface area contributed by atoms with Gasteiger partial charge in [-0.25, -0.2) is 0 Å². The summed E-state index contributed by atoms with van der Waals surface area (Å²) in [5.41, 5.74) is 1.58. The molecule has 1 aromatic rings. The van der Waals surface area contributed by atoms with Gasteiger partial charge >= 0.3 is 0 Å². The summed E-state index contributed by atoms with van der Waals surface area (Å²) in [6.45, 7) is 11.7. The van der Waals surface area contributed by atoms with Gasteiger partial charge in [-0.15, -0.1) is 0 Å². The summed E-state index contributed by atoms with van der Waals surface area (Å²) in [5, 5.41) is 0. The predicted molar refractivity (Wildman–Crippen MR) is 87.2 cm³/mol. The highest BCUT2D eigenvalue weighted by Crippen LogP contribution is 2.16. The van der Waals surface area contributed by atoms with Gasteiger partial charge in [0.15, 0.2) is 0 Å². The summed E-state index contributed by atoms with van der Waals surface area (Å²) in [4.78, 5) is 16.8. The molecule has 1 amide bonds. The zero-order valence-electron chi connectivity index (χ0n) is 13.6. The zero-order valence-corrected chi connectivity index (χ0v) is 13.6. The van der Waals surface area contributed by atoms with Crippen molar-refractivity contribution in [3.8, 4) is 0 Å². The molecule has 1 fully saturated rings. The number of amides is 1. The molecular weight excluding hydrogens is 260 g/mol. The molecule has 116 valence electrons. The van der Waals surface area contributed by atoms with Crippen molar-refractivity contribution in [2.24, 2.45) is 5.41 Å². The average molecular weight is 288 g/mol. The van der Waals surface area contributed by atoms with Crippen LogP contribution in [0.4, 0.5) is 0 Å². The van der Waals surface area contributed by atoms with Gasteiger partial charge in [-0.1, -0.05) is 51.1 Å². The molecule has 1 aromatic carbocycles. The van der Waals surface area contributed by atoms with Crippen molar-refractivity contribution < 1.29 is 4.79 Å². The Kier molecular flexibility index (Phi) is 5.40. The summed E-state index contributed by atoms with van der Waals surface area (Å²) < 4.78 is 0. The van der Waals surface area contributed by atoms with E-state index >= 15 is 0 Å². The SMILES string of the molecule is CC(C)(C)CN1CCN(C(=O)CCc2ccccc2)CC1. The second kappa shape index (κ2) is 7.08. The van der Waals surface area contributed by atoms with Crippen LogP contribution in [0.2, 0.25) is 0 Å². The number of rotatable bonds is 4. The van der Waals surface area contributed by atoms with Gasteiger partial charge in [-0.3, -0.25) is 9.69 Å². The molecule has 21 heavy (non-hydrogen) atoms. The van der Waals surface area contributed by atoms with Gasteiger partial charge in [-0.05, 0) is 17.4 Å². The van der Waals surface area contributed by atoms with Crippen molar-refractivity contribution >= 4 is 5.91 Å². The van der Waals surface area contributed by atoms with Gasteiger partial charge in [0.25, 0.3) is 0 Å². The Morgan fingerprint density at radius 3 is 2.24 bits per heavy atom. The Balaban J connectivity index is 1.73. The first-order chi connectivity index (χ1) is 9.94. The first-order valence-corrected chi connectivity index (χ1v) is 7.98. The number of carbonyl (C=O) groups excluding carboxylic acids is 1. The Morgan fingerprint density at radius 1 is 1.05 bits per heavy atom. The van der Waals surface area contributed by atoms with E-state index in [2.05, 4.69) is 37.8 Å². The molecule has 0 aromatic heterocycles. The number of piperazine rings is 1. The molecule has 0 saturated carbocycles. The molecule has 0 unspecified atom stereocenters. The number of hydrogen-bond donors (Lipinski definition) is 0. The smallest absolute Gasteiger partial charge is 0.222 e. The topological polar surface area (TPSA) is 23.6 Å². The molecule has 0 N–H and O–H groups in total. The zero-order chi connectivity index (χ0) is 15.3. The Morgan fingerprint density at radius 2 is 1.67 bits per heavy atom. The minimum Gasteiger partial charge on any atom is -0.340 e. The lowest BCUT2D eigenvalue weighted by Crippen LogP contribution is -2.50. The number of nitrogens with zero attached hydrogens (tertiary/aromatic N) is 2. The number of aryl methyl sites for hydroxylation is 1. The van der Waals surface area contributed by atoms with E-state index in [1.165, 1.54) is 5.56 Å². The number of carbonyl (C=O) groups is 1. The summed E-state index contributed by atoms with van der Waals surface area (Å²) >= 11 is 0. The number of benzene rings is 1. The molecule has 1 saturated heterocycles. The standard InChI is InChI=1S/C18H28N2O/c1-18(2,3)15-19-11-13-20(14-12-19)17(21)10-9-16-7-5-4-6-8-16/h4-8H,9-15H2,1-3H3. The van der Waals surface area contributed by atoms with Crippen LogP contribution in [0.15, 0.2) is 30.3 Å². The van der Waals surface area contributed by atoms with Crippen molar-refractivity contribution in [3.05, 3.63) is 35.9 Å². The van der Waals surface area contributed by atoms with Crippen molar-refractivity contribution in [1.29, 1.82) is 0 Å². The maximum atomic E-state index is 12.3. The molecule has 1 aliphatic rings. The summed E-state index contributed by atoms with van der Waals surface area (Å²) in [6.07, 6.45) is 1.48. The molecule has 0 bridgehead atoms. The van der Waals surface area contributed by atoms with E-state index < -0.39 is 0 Å². The highest BCUT2D eigenvalue weighted by atomic mass is 16.2. The minimum absolute atomic E-state index is 0.300. The second-order valence-corrected chi connectivity index (χ2v) is 7.20.